The summed E-state index contributed by atoms with van der Waals surface area (Å²) in [5.74, 6) is 0. The van der Waals surface area contributed by atoms with Crippen LogP contribution < -0.4 is 0 Å². The Hall–Kier alpha value is -0.0138. The van der Waals surface area contributed by atoms with Crippen LogP contribution in [-0.2, 0) is 4.55 Å². The van der Waals surface area contributed by atoms with E-state index in [1.54, 1.807) is 5.56 Å². The molecule has 1 heteroatoms. The van der Waals surface area contributed by atoms with Gasteiger partial charge in [-0.2, -0.15) is 0 Å². The Kier molecular flexibility index (Phi) is 6.29. The molecule has 0 nitrogen and oxygen atoms in total. The zero-order valence-electron chi connectivity index (χ0n) is 8.63. The smallest absolute Gasteiger partial charge is 0.145 e. The number of unbranched alkanes of at least 4 members (excludes halogenated alkanes) is 2. The van der Waals surface area contributed by atoms with Crippen molar-refractivity contribution in [2.24, 2.45) is 0 Å². The van der Waals surface area contributed by atoms with Crippen LogP contribution in [0.1, 0.15) is 31.7 Å². The van der Waals surface area contributed by atoms with Crippen LogP contribution in [0.5, 0.6) is 0 Å². The normalized spacial score (nSPS) is 9.62. The SMILES string of the molecule is CCCC[CH2][Mg][CH2]c1ccccc1. The molecule has 0 heterocycles. The molecule has 0 aliphatic carbocycles. The summed E-state index contributed by atoms with van der Waals surface area (Å²) in [6.07, 6.45) is 4.26. The van der Waals surface area contributed by atoms with Crippen molar-refractivity contribution in [1.82, 2.24) is 0 Å². The Labute approximate surface area is 91.5 Å². The molecule has 68 valence electrons. The molecule has 0 saturated heterocycles. The van der Waals surface area contributed by atoms with Crippen LogP contribution in [0.15, 0.2) is 30.3 Å². The lowest BCUT2D eigenvalue weighted by Crippen LogP contribution is -1.95. The Bertz CT molecular complexity index is 206. The summed E-state index contributed by atoms with van der Waals surface area (Å²) >= 11 is 0.193. The molecule has 0 unspecified atom stereocenters. The first-order valence-corrected chi connectivity index (χ1v) is 7.47. The minimum atomic E-state index is 0.193. The predicted octanol–water partition coefficient (Wildman–Crippen LogP) is 3.50. The summed E-state index contributed by atoms with van der Waals surface area (Å²) in [6.45, 7) is 2.28. The van der Waals surface area contributed by atoms with E-state index in [9.17, 15) is 0 Å². The van der Waals surface area contributed by atoms with E-state index in [1.807, 2.05) is 0 Å². The van der Waals surface area contributed by atoms with E-state index in [0.29, 0.717) is 0 Å². The van der Waals surface area contributed by atoms with Crippen LogP contribution >= 0.6 is 0 Å². The first kappa shape index (κ1) is 11.1. The van der Waals surface area contributed by atoms with Crippen molar-refractivity contribution < 1.29 is 0 Å². The summed E-state index contributed by atoms with van der Waals surface area (Å²) in [4.78, 5) is 0. The second-order valence-corrected chi connectivity index (χ2v) is 5.56. The molecule has 0 aliphatic heterocycles. The molecule has 0 spiro atoms. The average molecular weight is 187 g/mol. The van der Waals surface area contributed by atoms with Crippen molar-refractivity contribution in [3.8, 4) is 0 Å². The van der Waals surface area contributed by atoms with Gasteiger partial charge in [-0.15, -0.1) is 9.10 Å². The standard InChI is InChI=1S/C7H7.C5H11.Mg/c1-7-5-3-2-4-6-7;1-3-5-4-2;/h2-6H,1H2;1,3-5H2,2H3;. The van der Waals surface area contributed by atoms with Gasteiger partial charge in [-0.25, -0.2) is 0 Å². The lowest BCUT2D eigenvalue weighted by molar-refractivity contribution is 0.768. The van der Waals surface area contributed by atoms with E-state index in [1.165, 1.54) is 28.4 Å². The van der Waals surface area contributed by atoms with Crippen LogP contribution in [0.3, 0.4) is 0 Å². The molecular formula is C12H18Mg. The lowest BCUT2D eigenvalue weighted by atomic mass is 10.2. The van der Waals surface area contributed by atoms with Gasteiger partial charge in [0.1, 0.15) is 0 Å². The van der Waals surface area contributed by atoms with Gasteiger partial charge in [0.25, 0.3) is 0 Å². The molecule has 0 N–H and O–H groups in total. The topological polar surface area (TPSA) is 0 Å². The van der Waals surface area contributed by atoms with Crippen molar-refractivity contribution in [3.05, 3.63) is 35.9 Å². The first-order valence-electron chi connectivity index (χ1n) is 5.47. The fraction of sp³-hybridized carbons (Fsp3) is 0.500. The van der Waals surface area contributed by atoms with Gasteiger partial charge in [0.05, 0.1) is 0 Å². The van der Waals surface area contributed by atoms with Crippen molar-refractivity contribution in [2.45, 2.75) is 35.3 Å². The zero-order chi connectivity index (χ0) is 9.36. The highest BCUT2D eigenvalue weighted by Crippen LogP contribution is 2.03. The van der Waals surface area contributed by atoms with Gasteiger partial charge in [0.2, 0.25) is 0 Å². The second-order valence-electron chi connectivity index (χ2n) is 3.65. The van der Waals surface area contributed by atoms with Crippen LogP contribution in [0.4, 0.5) is 0 Å². The summed E-state index contributed by atoms with van der Waals surface area (Å²) in [5, 5.41) is 0. The zero-order valence-corrected chi connectivity index (χ0v) is 10.0. The molecule has 0 fully saturated rings. The van der Waals surface area contributed by atoms with Crippen molar-refractivity contribution in [1.29, 1.82) is 0 Å². The highest BCUT2D eigenvalue weighted by Gasteiger charge is 1.96. The minimum absolute atomic E-state index is 0.193. The van der Waals surface area contributed by atoms with Crippen LogP contribution in [0, 0.1) is 0 Å². The minimum Gasteiger partial charge on any atom is -0.145 e. The highest BCUT2D eigenvalue weighted by molar-refractivity contribution is 6.34. The molecule has 0 aliphatic rings. The van der Waals surface area contributed by atoms with Crippen LogP contribution in [-0.4, -0.2) is 20.4 Å². The van der Waals surface area contributed by atoms with Crippen molar-refractivity contribution in [2.75, 3.05) is 0 Å². The van der Waals surface area contributed by atoms with Crippen LogP contribution in [0.2, 0.25) is 4.55 Å². The Morgan fingerprint density at radius 3 is 2.54 bits per heavy atom. The maximum absolute atomic E-state index is 2.28. The Morgan fingerprint density at radius 1 is 1.08 bits per heavy atom. The van der Waals surface area contributed by atoms with E-state index in [0.717, 1.165) is 0 Å². The third-order valence-electron chi connectivity index (χ3n) is 2.41. The van der Waals surface area contributed by atoms with E-state index in [-0.39, 0.29) is 20.4 Å². The second kappa shape index (κ2) is 7.40. The van der Waals surface area contributed by atoms with Gasteiger partial charge in [0.15, 0.2) is 0 Å². The average Bonchev–Trinajstić information content (AvgIpc) is 2.19. The maximum atomic E-state index is 2.28. The fourth-order valence-electron chi connectivity index (χ4n) is 1.58. The molecule has 0 aromatic heterocycles. The molecule has 0 atom stereocenters. The number of hydrogen-bond donors (Lipinski definition) is 0. The van der Waals surface area contributed by atoms with E-state index in [4.69, 9.17) is 0 Å². The van der Waals surface area contributed by atoms with Crippen LogP contribution in [0.25, 0.3) is 0 Å². The van der Waals surface area contributed by atoms with Crippen molar-refractivity contribution in [3.63, 3.8) is 0 Å². The number of hydrogen-bond acceptors (Lipinski definition) is 0. The van der Waals surface area contributed by atoms with Gasteiger partial charge in [-0.1, -0.05) is 62.1 Å². The monoisotopic (exact) mass is 186 g/mol. The van der Waals surface area contributed by atoms with E-state index < -0.39 is 0 Å². The molecule has 13 heavy (non-hydrogen) atoms. The quantitative estimate of drug-likeness (QED) is 0.471. The molecule has 1 aromatic carbocycles. The number of rotatable bonds is 6. The summed E-state index contributed by atoms with van der Waals surface area (Å²) < 4.78 is 2.92. The molecule has 1 rings (SSSR count). The third-order valence-corrected chi connectivity index (χ3v) is 4.34. The first-order chi connectivity index (χ1) is 6.43. The van der Waals surface area contributed by atoms with Gasteiger partial charge in [-0.05, 0) is 0 Å². The maximum Gasteiger partial charge on any atom is 0.370 e. The fourth-order valence-corrected chi connectivity index (χ4v) is 3.28. The molecule has 0 radical (unpaired) electrons. The molecule has 0 amide bonds. The summed E-state index contributed by atoms with van der Waals surface area (Å²) in [6, 6.07) is 10.9. The largest absolute Gasteiger partial charge is 0.370 e. The molecule has 1 aromatic rings. The highest BCUT2D eigenvalue weighted by atomic mass is 24.5. The number of benzene rings is 1. The summed E-state index contributed by atoms with van der Waals surface area (Å²) in [5.41, 5.74) is 1.55. The molecular weight excluding hydrogens is 168 g/mol. The Morgan fingerprint density at radius 2 is 1.85 bits per heavy atom. The molecule has 0 saturated carbocycles. The van der Waals surface area contributed by atoms with Crippen molar-refractivity contribution >= 4 is 20.4 Å². The van der Waals surface area contributed by atoms with E-state index in [2.05, 4.69) is 37.3 Å². The van der Waals surface area contributed by atoms with Gasteiger partial charge >= 0.3 is 20.4 Å². The Balaban J connectivity index is 2.07. The van der Waals surface area contributed by atoms with Gasteiger partial charge in [0, 0.05) is 0 Å². The van der Waals surface area contributed by atoms with Gasteiger partial charge < -0.3 is 0 Å². The predicted molar refractivity (Wildman–Crippen MR) is 60.2 cm³/mol. The summed E-state index contributed by atoms with van der Waals surface area (Å²) in [7, 11) is 0. The van der Waals surface area contributed by atoms with E-state index >= 15 is 0 Å². The molecule has 0 bridgehead atoms. The lowest BCUT2D eigenvalue weighted by Gasteiger charge is -1.98. The van der Waals surface area contributed by atoms with Gasteiger partial charge in [-0.3, -0.25) is 0 Å². The third kappa shape index (κ3) is 5.32.